The van der Waals surface area contributed by atoms with Gasteiger partial charge in [-0.15, -0.1) is 0 Å². The van der Waals surface area contributed by atoms with Crippen LogP contribution in [0.1, 0.15) is 19.3 Å². The van der Waals surface area contributed by atoms with E-state index in [9.17, 15) is 4.79 Å². The molecule has 1 fully saturated rings. The lowest BCUT2D eigenvalue weighted by molar-refractivity contribution is 0.188. The summed E-state index contributed by atoms with van der Waals surface area (Å²) < 4.78 is 0. The van der Waals surface area contributed by atoms with Crippen molar-refractivity contribution in [3.05, 3.63) is 0 Å². The Balaban J connectivity index is 2.58. The quantitative estimate of drug-likeness (QED) is 0.214. The van der Waals surface area contributed by atoms with Gasteiger partial charge >= 0.3 is 6.09 Å². The van der Waals surface area contributed by atoms with Gasteiger partial charge in [0.05, 0.1) is 0 Å². The summed E-state index contributed by atoms with van der Waals surface area (Å²) in [5.41, 5.74) is 5.41. The lowest BCUT2D eigenvalue weighted by atomic mass is 10.0. The molecule has 0 aliphatic heterocycles. The van der Waals surface area contributed by atoms with E-state index in [4.69, 9.17) is 16.0 Å². The van der Waals surface area contributed by atoms with Gasteiger partial charge in [0.25, 0.3) is 0 Å². The fourth-order valence-corrected chi connectivity index (χ4v) is 1.72. The highest BCUT2D eigenvalue weighted by molar-refractivity contribution is 5.83. The molecule has 0 spiro atoms. The van der Waals surface area contributed by atoms with Crippen LogP contribution in [-0.2, 0) is 0 Å². The van der Waals surface area contributed by atoms with Crippen LogP contribution in [-0.4, -0.2) is 28.3 Å². The highest BCUT2D eigenvalue weighted by Crippen LogP contribution is 2.25. The molecule has 1 aliphatic carbocycles. The zero-order chi connectivity index (χ0) is 9.84. The van der Waals surface area contributed by atoms with Crippen LogP contribution in [0.15, 0.2) is 5.16 Å². The van der Waals surface area contributed by atoms with Crippen molar-refractivity contribution in [3.8, 4) is 0 Å². The van der Waals surface area contributed by atoms with Crippen molar-refractivity contribution in [3.63, 3.8) is 0 Å². The molecule has 0 aromatic carbocycles. The normalized spacial score (nSPS) is 28.8. The molecule has 1 rings (SSSR count). The third-order valence-corrected chi connectivity index (χ3v) is 2.32. The third-order valence-electron chi connectivity index (χ3n) is 2.32. The van der Waals surface area contributed by atoms with E-state index >= 15 is 0 Å². The zero-order valence-electron chi connectivity index (χ0n) is 7.10. The number of oxime groups is 1. The minimum atomic E-state index is -1.07. The number of carbonyl (C=O) groups is 1. The molecule has 5 N–H and O–H groups in total. The first kappa shape index (κ1) is 9.63. The summed E-state index contributed by atoms with van der Waals surface area (Å²) in [6.07, 6.45) is 1.34. The van der Waals surface area contributed by atoms with Crippen LogP contribution in [0.4, 0.5) is 4.79 Å². The molecule has 6 nitrogen and oxygen atoms in total. The van der Waals surface area contributed by atoms with Crippen molar-refractivity contribution >= 4 is 11.9 Å². The predicted molar refractivity (Wildman–Crippen MR) is 45.7 cm³/mol. The van der Waals surface area contributed by atoms with E-state index in [1.54, 1.807) is 0 Å². The van der Waals surface area contributed by atoms with Crippen molar-refractivity contribution in [2.45, 2.75) is 25.3 Å². The molecule has 13 heavy (non-hydrogen) atoms. The molecule has 0 heterocycles. The number of hydrogen-bond donors (Lipinski definition) is 4. The van der Waals surface area contributed by atoms with E-state index < -0.39 is 6.09 Å². The molecule has 74 valence electrons. The molecule has 2 atom stereocenters. The summed E-state index contributed by atoms with van der Waals surface area (Å²) in [4.78, 5) is 10.4. The van der Waals surface area contributed by atoms with E-state index in [-0.39, 0.29) is 17.8 Å². The monoisotopic (exact) mass is 187 g/mol. The molecular weight excluding hydrogens is 174 g/mol. The first-order valence-electron chi connectivity index (χ1n) is 4.12. The van der Waals surface area contributed by atoms with Crippen molar-refractivity contribution in [1.82, 2.24) is 5.32 Å². The Kier molecular flexibility index (Phi) is 2.94. The van der Waals surface area contributed by atoms with Crippen molar-refractivity contribution in [2.75, 3.05) is 0 Å². The molecule has 1 amide bonds. The topological polar surface area (TPSA) is 108 Å². The zero-order valence-corrected chi connectivity index (χ0v) is 7.10. The number of nitrogens with zero attached hydrogens (tertiary/aromatic N) is 1. The Morgan fingerprint density at radius 3 is 2.77 bits per heavy atom. The molecule has 6 heteroatoms. The maximum absolute atomic E-state index is 10.4. The Morgan fingerprint density at radius 1 is 1.54 bits per heavy atom. The van der Waals surface area contributed by atoms with Gasteiger partial charge < -0.3 is 21.4 Å². The molecule has 1 aliphatic rings. The minimum Gasteiger partial charge on any atom is -0.465 e. The second-order valence-electron chi connectivity index (χ2n) is 3.12. The fourth-order valence-electron chi connectivity index (χ4n) is 1.72. The third kappa shape index (κ3) is 2.24. The fraction of sp³-hybridized carbons (Fsp3) is 0.714. The molecule has 0 saturated heterocycles. The Hall–Kier alpha value is -1.46. The SMILES string of the molecule is N/C(=N/O)[C@@H]1CCC[C@@H]1NC(=O)O. The minimum absolute atomic E-state index is 0.108. The molecular formula is C7H13N3O3. The van der Waals surface area contributed by atoms with Gasteiger partial charge in [-0.2, -0.15) is 0 Å². The Bertz CT molecular complexity index is 229. The average molecular weight is 187 g/mol. The summed E-state index contributed by atoms with van der Waals surface area (Å²) in [6.45, 7) is 0. The second-order valence-corrected chi connectivity index (χ2v) is 3.12. The van der Waals surface area contributed by atoms with Gasteiger partial charge in [-0.05, 0) is 12.8 Å². The lowest BCUT2D eigenvalue weighted by Crippen LogP contribution is -2.41. The van der Waals surface area contributed by atoms with Crippen LogP contribution in [0.3, 0.4) is 0 Å². The van der Waals surface area contributed by atoms with E-state index in [2.05, 4.69) is 10.5 Å². The number of nitrogens with one attached hydrogen (secondary N) is 1. The highest BCUT2D eigenvalue weighted by atomic mass is 16.4. The number of amidine groups is 1. The van der Waals surface area contributed by atoms with E-state index in [1.807, 2.05) is 0 Å². The van der Waals surface area contributed by atoms with Gasteiger partial charge in [-0.1, -0.05) is 11.6 Å². The van der Waals surface area contributed by atoms with E-state index in [0.717, 1.165) is 19.3 Å². The number of hydrogen-bond acceptors (Lipinski definition) is 3. The average Bonchev–Trinajstić information content (AvgIpc) is 2.50. The van der Waals surface area contributed by atoms with Crippen LogP contribution >= 0.6 is 0 Å². The molecule has 0 aromatic heterocycles. The molecule has 0 radical (unpaired) electrons. The maximum Gasteiger partial charge on any atom is 0.404 e. The van der Waals surface area contributed by atoms with Crippen molar-refractivity contribution in [2.24, 2.45) is 16.8 Å². The van der Waals surface area contributed by atoms with Crippen LogP contribution < -0.4 is 11.1 Å². The van der Waals surface area contributed by atoms with E-state index in [0.29, 0.717) is 0 Å². The smallest absolute Gasteiger partial charge is 0.404 e. The van der Waals surface area contributed by atoms with Gasteiger partial charge in [0.15, 0.2) is 0 Å². The van der Waals surface area contributed by atoms with Crippen molar-refractivity contribution < 1.29 is 15.1 Å². The predicted octanol–water partition coefficient (Wildman–Crippen LogP) is 0.169. The van der Waals surface area contributed by atoms with Gasteiger partial charge in [0.1, 0.15) is 5.84 Å². The van der Waals surface area contributed by atoms with Crippen molar-refractivity contribution in [1.29, 1.82) is 0 Å². The standard InChI is InChI=1S/C7H13N3O3/c8-6(10-13)4-2-1-3-5(4)9-7(11)12/h4-5,9,13H,1-3H2,(H2,8,10)(H,11,12)/t4-,5+/m1/s1. The largest absolute Gasteiger partial charge is 0.465 e. The summed E-state index contributed by atoms with van der Waals surface area (Å²) in [7, 11) is 0. The number of nitrogens with two attached hydrogens (primary N) is 1. The van der Waals surface area contributed by atoms with Gasteiger partial charge in [0, 0.05) is 12.0 Å². The first-order chi connectivity index (χ1) is 6.15. The number of rotatable bonds is 2. The lowest BCUT2D eigenvalue weighted by Gasteiger charge is -2.17. The van der Waals surface area contributed by atoms with Gasteiger partial charge in [-0.25, -0.2) is 4.79 Å². The second kappa shape index (κ2) is 3.97. The summed E-state index contributed by atoms with van der Waals surface area (Å²) in [6, 6.07) is -0.214. The highest BCUT2D eigenvalue weighted by Gasteiger charge is 2.31. The molecule has 1 saturated carbocycles. The molecule has 0 unspecified atom stereocenters. The van der Waals surface area contributed by atoms with Crippen LogP contribution in [0.25, 0.3) is 0 Å². The molecule has 0 aromatic rings. The van der Waals surface area contributed by atoms with Crippen LogP contribution in [0.5, 0.6) is 0 Å². The summed E-state index contributed by atoms with van der Waals surface area (Å²) in [5.74, 6) is -0.0580. The summed E-state index contributed by atoms with van der Waals surface area (Å²) in [5, 5.41) is 22.2. The number of carboxylic acid groups (broad SMARTS) is 1. The van der Waals surface area contributed by atoms with Crippen LogP contribution in [0.2, 0.25) is 0 Å². The summed E-state index contributed by atoms with van der Waals surface area (Å²) >= 11 is 0. The van der Waals surface area contributed by atoms with Gasteiger partial charge in [0.2, 0.25) is 0 Å². The van der Waals surface area contributed by atoms with Gasteiger partial charge in [-0.3, -0.25) is 0 Å². The Morgan fingerprint density at radius 2 is 2.23 bits per heavy atom. The number of amides is 1. The Labute approximate surface area is 75.4 Å². The maximum atomic E-state index is 10.4. The van der Waals surface area contributed by atoms with E-state index in [1.165, 1.54) is 0 Å². The molecule has 0 bridgehead atoms. The van der Waals surface area contributed by atoms with Crippen LogP contribution in [0, 0.1) is 5.92 Å². The first-order valence-corrected chi connectivity index (χ1v) is 4.12.